The van der Waals surface area contributed by atoms with Gasteiger partial charge < -0.3 is 19.5 Å². The number of carboxylic acid groups (broad SMARTS) is 1. The highest BCUT2D eigenvalue weighted by Gasteiger charge is 2.45. The standard InChI is InChI=1S/C21H21N3O4/c1-27-14-21(19(25)26)13-24(11-12-28-21)20-22-17-10-6-5-9-16(17)18(23-20)15-7-3-2-4-8-15/h2-10H,11-14H2,1H3,(H,25,26). The van der Waals surface area contributed by atoms with Gasteiger partial charge in [-0.1, -0.05) is 48.5 Å². The lowest BCUT2D eigenvalue weighted by atomic mass is 10.0. The number of hydrogen-bond donors (Lipinski definition) is 1. The number of rotatable bonds is 5. The Hall–Kier alpha value is -3.03. The fourth-order valence-electron chi connectivity index (χ4n) is 3.49. The molecule has 1 aromatic heterocycles. The first kappa shape index (κ1) is 18.3. The van der Waals surface area contributed by atoms with E-state index in [1.54, 1.807) is 0 Å². The molecule has 144 valence electrons. The van der Waals surface area contributed by atoms with Crippen LogP contribution in [0.25, 0.3) is 22.2 Å². The van der Waals surface area contributed by atoms with E-state index >= 15 is 0 Å². The van der Waals surface area contributed by atoms with Crippen molar-refractivity contribution in [3.8, 4) is 11.3 Å². The predicted octanol–water partition coefficient (Wildman–Crippen LogP) is 2.60. The Labute approximate surface area is 162 Å². The zero-order valence-electron chi connectivity index (χ0n) is 15.5. The van der Waals surface area contributed by atoms with Crippen LogP contribution in [0.3, 0.4) is 0 Å². The summed E-state index contributed by atoms with van der Waals surface area (Å²) >= 11 is 0. The quantitative estimate of drug-likeness (QED) is 0.729. The average Bonchev–Trinajstić information content (AvgIpc) is 2.74. The van der Waals surface area contributed by atoms with Crippen LogP contribution in [0, 0.1) is 0 Å². The highest BCUT2D eigenvalue weighted by atomic mass is 16.6. The number of aromatic nitrogens is 2. The van der Waals surface area contributed by atoms with Crippen molar-refractivity contribution >= 4 is 22.8 Å². The molecule has 0 radical (unpaired) electrons. The molecule has 1 aliphatic heterocycles. The van der Waals surface area contributed by atoms with Crippen molar-refractivity contribution in [2.24, 2.45) is 0 Å². The van der Waals surface area contributed by atoms with E-state index in [4.69, 9.17) is 19.4 Å². The molecule has 3 aromatic rings. The molecule has 1 aliphatic rings. The zero-order valence-corrected chi connectivity index (χ0v) is 15.5. The molecule has 0 spiro atoms. The van der Waals surface area contributed by atoms with E-state index < -0.39 is 11.6 Å². The van der Waals surface area contributed by atoms with Crippen molar-refractivity contribution in [3.05, 3.63) is 54.6 Å². The largest absolute Gasteiger partial charge is 0.479 e. The molecule has 1 N–H and O–H groups in total. The van der Waals surface area contributed by atoms with Crippen LogP contribution >= 0.6 is 0 Å². The Morgan fingerprint density at radius 3 is 2.68 bits per heavy atom. The molecule has 0 bridgehead atoms. The maximum absolute atomic E-state index is 11.9. The number of morpholine rings is 1. The number of methoxy groups -OCH3 is 1. The topological polar surface area (TPSA) is 84.8 Å². The summed E-state index contributed by atoms with van der Waals surface area (Å²) in [7, 11) is 1.47. The first-order valence-corrected chi connectivity index (χ1v) is 9.06. The van der Waals surface area contributed by atoms with Crippen molar-refractivity contribution in [3.63, 3.8) is 0 Å². The number of benzene rings is 2. The number of carbonyl (C=O) groups is 1. The third kappa shape index (κ3) is 3.30. The van der Waals surface area contributed by atoms with Gasteiger partial charge in [-0.15, -0.1) is 0 Å². The zero-order chi connectivity index (χ0) is 19.6. The Morgan fingerprint density at radius 1 is 1.18 bits per heavy atom. The first-order valence-electron chi connectivity index (χ1n) is 9.06. The molecule has 0 amide bonds. The molecular weight excluding hydrogens is 358 g/mol. The molecule has 28 heavy (non-hydrogen) atoms. The van der Waals surface area contributed by atoms with Crippen molar-refractivity contribution in [2.45, 2.75) is 5.60 Å². The van der Waals surface area contributed by atoms with Crippen LogP contribution in [0.4, 0.5) is 5.95 Å². The van der Waals surface area contributed by atoms with Crippen LogP contribution in [0.15, 0.2) is 54.6 Å². The van der Waals surface area contributed by atoms with E-state index in [1.165, 1.54) is 7.11 Å². The summed E-state index contributed by atoms with van der Waals surface area (Å²) in [6, 6.07) is 17.7. The van der Waals surface area contributed by atoms with Crippen LogP contribution < -0.4 is 4.90 Å². The summed E-state index contributed by atoms with van der Waals surface area (Å²) in [4.78, 5) is 23.2. The molecule has 1 saturated heterocycles. The summed E-state index contributed by atoms with van der Waals surface area (Å²) in [5, 5.41) is 10.7. The van der Waals surface area contributed by atoms with Crippen molar-refractivity contribution in [1.82, 2.24) is 9.97 Å². The molecule has 1 atom stereocenters. The van der Waals surface area contributed by atoms with Gasteiger partial charge in [0, 0.05) is 24.6 Å². The van der Waals surface area contributed by atoms with Gasteiger partial charge in [0.2, 0.25) is 11.5 Å². The van der Waals surface area contributed by atoms with Crippen LogP contribution in [-0.4, -0.2) is 60.1 Å². The first-order chi connectivity index (χ1) is 13.6. The molecule has 7 heteroatoms. The second-order valence-electron chi connectivity index (χ2n) is 6.76. The van der Waals surface area contributed by atoms with Gasteiger partial charge >= 0.3 is 5.97 Å². The van der Waals surface area contributed by atoms with Crippen molar-refractivity contribution in [2.75, 3.05) is 38.3 Å². The van der Waals surface area contributed by atoms with Gasteiger partial charge in [0.05, 0.1) is 31.0 Å². The summed E-state index contributed by atoms with van der Waals surface area (Å²) in [6.07, 6.45) is 0. The second kappa shape index (κ2) is 7.53. The number of anilines is 1. The molecule has 2 heterocycles. The third-order valence-corrected chi connectivity index (χ3v) is 4.87. The number of nitrogens with zero attached hydrogens (tertiary/aromatic N) is 3. The predicted molar refractivity (Wildman–Crippen MR) is 105 cm³/mol. The average molecular weight is 379 g/mol. The maximum Gasteiger partial charge on any atom is 0.340 e. The van der Waals surface area contributed by atoms with Crippen LogP contribution in [0.5, 0.6) is 0 Å². The maximum atomic E-state index is 11.9. The van der Waals surface area contributed by atoms with Crippen molar-refractivity contribution < 1.29 is 19.4 Å². The van der Waals surface area contributed by atoms with Gasteiger partial charge in [0.25, 0.3) is 0 Å². The number of hydrogen-bond acceptors (Lipinski definition) is 6. The molecule has 0 saturated carbocycles. The molecule has 1 fully saturated rings. The Morgan fingerprint density at radius 2 is 1.93 bits per heavy atom. The lowest BCUT2D eigenvalue weighted by Crippen LogP contribution is -2.59. The number of ether oxygens (including phenoxy) is 2. The lowest BCUT2D eigenvalue weighted by molar-refractivity contribution is -0.175. The normalized spacial score (nSPS) is 19.7. The molecular formula is C21H21N3O4. The van der Waals surface area contributed by atoms with E-state index in [9.17, 15) is 9.90 Å². The minimum Gasteiger partial charge on any atom is -0.479 e. The smallest absolute Gasteiger partial charge is 0.340 e. The third-order valence-electron chi connectivity index (χ3n) is 4.87. The van der Waals surface area contributed by atoms with Gasteiger partial charge in [0.15, 0.2) is 0 Å². The van der Waals surface area contributed by atoms with Gasteiger partial charge in [-0.3, -0.25) is 0 Å². The van der Waals surface area contributed by atoms with E-state index in [0.29, 0.717) is 12.5 Å². The summed E-state index contributed by atoms with van der Waals surface area (Å²) < 4.78 is 10.7. The van der Waals surface area contributed by atoms with E-state index in [2.05, 4.69) is 0 Å². The van der Waals surface area contributed by atoms with Crippen LogP contribution in [0.1, 0.15) is 0 Å². The summed E-state index contributed by atoms with van der Waals surface area (Å²) in [6.45, 7) is 0.832. The SMILES string of the molecule is COCC1(C(=O)O)CN(c2nc(-c3ccccc3)c3ccccc3n2)CCO1. The van der Waals surface area contributed by atoms with E-state index in [1.807, 2.05) is 59.5 Å². The molecule has 2 aromatic carbocycles. The number of carboxylic acids is 1. The van der Waals surface area contributed by atoms with Gasteiger partial charge in [-0.05, 0) is 6.07 Å². The number of aliphatic carboxylic acids is 1. The van der Waals surface area contributed by atoms with Crippen LogP contribution in [-0.2, 0) is 14.3 Å². The van der Waals surface area contributed by atoms with E-state index in [0.717, 1.165) is 22.2 Å². The highest BCUT2D eigenvalue weighted by Crippen LogP contribution is 2.30. The number of fused-ring (bicyclic) bond motifs is 1. The number of para-hydroxylation sites is 1. The molecule has 0 aliphatic carbocycles. The lowest BCUT2D eigenvalue weighted by Gasteiger charge is -2.39. The van der Waals surface area contributed by atoms with Crippen molar-refractivity contribution in [1.29, 1.82) is 0 Å². The highest BCUT2D eigenvalue weighted by molar-refractivity contribution is 5.93. The minimum atomic E-state index is -1.44. The monoisotopic (exact) mass is 379 g/mol. The minimum absolute atomic E-state index is 0.0437. The van der Waals surface area contributed by atoms with Gasteiger partial charge in [-0.25, -0.2) is 14.8 Å². The fourth-order valence-corrected chi connectivity index (χ4v) is 3.49. The Bertz CT molecular complexity index is 991. The van der Waals surface area contributed by atoms with E-state index in [-0.39, 0.29) is 19.8 Å². The second-order valence-corrected chi connectivity index (χ2v) is 6.76. The van der Waals surface area contributed by atoms with Gasteiger partial charge in [0.1, 0.15) is 0 Å². The summed E-state index contributed by atoms with van der Waals surface area (Å²) in [5.74, 6) is -0.564. The molecule has 1 unspecified atom stereocenters. The Kier molecular flexibility index (Phi) is 4.93. The van der Waals surface area contributed by atoms with Gasteiger partial charge in [-0.2, -0.15) is 0 Å². The molecule has 4 rings (SSSR count). The fraction of sp³-hybridized carbons (Fsp3) is 0.286. The van der Waals surface area contributed by atoms with Crippen LogP contribution in [0.2, 0.25) is 0 Å². The summed E-state index contributed by atoms with van der Waals surface area (Å²) in [5.41, 5.74) is 1.18. The molecule has 7 nitrogen and oxygen atoms in total. The Balaban J connectivity index is 1.80.